The van der Waals surface area contributed by atoms with E-state index in [-0.39, 0.29) is 12.2 Å². The summed E-state index contributed by atoms with van der Waals surface area (Å²) in [5.41, 5.74) is 0.372. The van der Waals surface area contributed by atoms with Crippen molar-refractivity contribution in [3.63, 3.8) is 0 Å². The predicted octanol–water partition coefficient (Wildman–Crippen LogP) is 2.44. The maximum atomic E-state index is 13.2. The van der Waals surface area contributed by atoms with Crippen LogP contribution in [0.15, 0.2) is 24.3 Å². The highest BCUT2D eigenvalue weighted by Crippen LogP contribution is 2.22. The first kappa shape index (κ1) is 10.4. The van der Waals surface area contributed by atoms with Crippen LogP contribution >= 0.6 is 0 Å². The highest BCUT2D eigenvalue weighted by Gasteiger charge is 2.04. The summed E-state index contributed by atoms with van der Waals surface area (Å²) >= 11 is 0. The van der Waals surface area contributed by atoms with Gasteiger partial charge in [-0.2, -0.15) is 0 Å². The average Bonchev–Trinajstić information content (AvgIpc) is 2.20. The summed E-state index contributed by atoms with van der Waals surface area (Å²) in [4.78, 5) is 10.1. The van der Waals surface area contributed by atoms with Gasteiger partial charge in [0, 0.05) is 6.42 Å². The van der Waals surface area contributed by atoms with Gasteiger partial charge in [-0.25, -0.2) is 4.39 Å². The first-order valence-corrected chi connectivity index (χ1v) is 4.22. The van der Waals surface area contributed by atoms with Crippen LogP contribution in [0.25, 0.3) is 6.08 Å². The molecule has 0 aromatic heterocycles. The van der Waals surface area contributed by atoms with Crippen molar-refractivity contribution in [2.45, 2.75) is 6.42 Å². The molecule has 0 saturated heterocycles. The fourth-order valence-electron chi connectivity index (χ4n) is 1.10. The fraction of sp³-hybridized carbons (Fsp3) is 0.182. The lowest BCUT2D eigenvalue weighted by atomic mass is 10.1. The highest BCUT2D eigenvalue weighted by molar-refractivity contribution is 5.61. The van der Waals surface area contributed by atoms with Crippen LogP contribution in [0.1, 0.15) is 12.0 Å². The van der Waals surface area contributed by atoms with E-state index in [1.807, 2.05) is 0 Å². The van der Waals surface area contributed by atoms with Crippen molar-refractivity contribution >= 4 is 12.4 Å². The Labute approximate surface area is 82.0 Å². The van der Waals surface area contributed by atoms with E-state index < -0.39 is 0 Å². The van der Waals surface area contributed by atoms with Gasteiger partial charge in [-0.05, 0) is 12.1 Å². The normalized spacial score (nSPS) is 10.4. The van der Waals surface area contributed by atoms with Gasteiger partial charge in [0.15, 0.2) is 0 Å². The first-order valence-electron chi connectivity index (χ1n) is 4.22. The summed E-state index contributed by atoms with van der Waals surface area (Å²) in [6.45, 7) is 0. The van der Waals surface area contributed by atoms with Crippen molar-refractivity contribution in [1.82, 2.24) is 0 Å². The maximum Gasteiger partial charge on any atom is 0.134 e. The predicted molar refractivity (Wildman–Crippen MR) is 52.7 cm³/mol. The molecule has 0 aliphatic heterocycles. The van der Waals surface area contributed by atoms with Crippen molar-refractivity contribution < 1.29 is 13.9 Å². The van der Waals surface area contributed by atoms with Crippen LogP contribution in [-0.2, 0) is 4.79 Å². The van der Waals surface area contributed by atoms with Crippen molar-refractivity contribution in [2.24, 2.45) is 0 Å². The number of hydrogen-bond donors (Lipinski definition) is 0. The third-order valence-electron chi connectivity index (χ3n) is 1.75. The number of carbonyl (C=O) groups excluding carboxylic acids is 1. The monoisotopic (exact) mass is 194 g/mol. The molecule has 0 saturated carbocycles. The van der Waals surface area contributed by atoms with Crippen molar-refractivity contribution in [2.75, 3.05) is 7.11 Å². The maximum absolute atomic E-state index is 13.2. The van der Waals surface area contributed by atoms with E-state index in [1.54, 1.807) is 24.3 Å². The van der Waals surface area contributed by atoms with Gasteiger partial charge in [0.2, 0.25) is 0 Å². The molecule has 0 atom stereocenters. The van der Waals surface area contributed by atoms with Crippen LogP contribution in [0.3, 0.4) is 0 Å². The van der Waals surface area contributed by atoms with E-state index in [9.17, 15) is 9.18 Å². The smallest absolute Gasteiger partial charge is 0.134 e. The van der Waals surface area contributed by atoms with Crippen LogP contribution < -0.4 is 4.74 Å². The van der Waals surface area contributed by atoms with Gasteiger partial charge in [-0.3, -0.25) is 0 Å². The molecule has 0 heterocycles. The van der Waals surface area contributed by atoms with Crippen LogP contribution in [0.4, 0.5) is 4.39 Å². The van der Waals surface area contributed by atoms with Crippen LogP contribution in [-0.4, -0.2) is 13.4 Å². The van der Waals surface area contributed by atoms with Crippen molar-refractivity contribution in [1.29, 1.82) is 0 Å². The molecule has 1 aromatic carbocycles. The lowest BCUT2D eigenvalue weighted by Crippen LogP contribution is -1.90. The SMILES string of the molecule is COc1cccc(F)c1C=CCC=O. The van der Waals surface area contributed by atoms with Crippen LogP contribution in [0, 0.1) is 5.82 Å². The number of carbonyl (C=O) groups is 1. The number of ether oxygens (including phenoxy) is 1. The van der Waals surface area contributed by atoms with Crippen molar-refractivity contribution in [3.8, 4) is 5.75 Å². The molecule has 0 aliphatic rings. The molecule has 1 aromatic rings. The molecule has 0 unspecified atom stereocenters. The van der Waals surface area contributed by atoms with Crippen molar-refractivity contribution in [3.05, 3.63) is 35.7 Å². The third-order valence-corrected chi connectivity index (χ3v) is 1.75. The number of rotatable bonds is 4. The Morgan fingerprint density at radius 1 is 1.50 bits per heavy atom. The summed E-state index contributed by atoms with van der Waals surface area (Å²) in [6, 6.07) is 4.60. The van der Waals surface area contributed by atoms with E-state index in [2.05, 4.69) is 0 Å². The molecule has 74 valence electrons. The molecule has 0 fully saturated rings. The van der Waals surface area contributed by atoms with E-state index in [1.165, 1.54) is 13.2 Å². The first-order chi connectivity index (χ1) is 6.79. The molecule has 3 heteroatoms. The van der Waals surface area contributed by atoms with Gasteiger partial charge in [-0.1, -0.05) is 18.2 Å². The largest absolute Gasteiger partial charge is 0.496 e. The van der Waals surface area contributed by atoms with Gasteiger partial charge >= 0.3 is 0 Å². The molecule has 14 heavy (non-hydrogen) atoms. The van der Waals surface area contributed by atoms with Crippen LogP contribution in [0.5, 0.6) is 5.75 Å². The highest BCUT2D eigenvalue weighted by atomic mass is 19.1. The fourth-order valence-corrected chi connectivity index (χ4v) is 1.10. The standard InChI is InChI=1S/C11H11FO2/c1-14-11-7-4-6-10(12)9(11)5-2-3-8-13/h2,4-8H,3H2,1H3. The van der Waals surface area contributed by atoms with E-state index in [4.69, 9.17) is 4.74 Å². The number of halogens is 1. The Kier molecular flexibility index (Phi) is 3.85. The molecule has 0 amide bonds. The number of allylic oxidation sites excluding steroid dienone is 1. The molecule has 1 rings (SSSR count). The summed E-state index contributed by atoms with van der Waals surface area (Å²) in [5, 5.41) is 0. The number of aldehydes is 1. The quantitative estimate of drug-likeness (QED) is 0.688. The Morgan fingerprint density at radius 2 is 2.29 bits per heavy atom. The second-order valence-corrected chi connectivity index (χ2v) is 2.66. The lowest BCUT2D eigenvalue weighted by Gasteiger charge is -2.04. The molecule has 0 N–H and O–H groups in total. The second-order valence-electron chi connectivity index (χ2n) is 2.66. The molecular formula is C11H11FO2. The molecule has 0 aliphatic carbocycles. The molecule has 2 nitrogen and oxygen atoms in total. The number of benzene rings is 1. The summed E-state index contributed by atoms with van der Waals surface area (Å²) in [7, 11) is 1.48. The van der Waals surface area contributed by atoms with Gasteiger partial charge in [0.05, 0.1) is 12.7 Å². The second kappa shape index (κ2) is 5.17. The molecule has 0 bridgehead atoms. The molecule has 0 spiro atoms. The minimum Gasteiger partial charge on any atom is -0.496 e. The van der Waals surface area contributed by atoms with Gasteiger partial charge in [0.1, 0.15) is 17.9 Å². The Hall–Kier alpha value is -1.64. The van der Waals surface area contributed by atoms with Crippen LogP contribution in [0.2, 0.25) is 0 Å². The van der Waals surface area contributed by atoms with E-state index in [0.717, 1.165) is 6.29 Å². The zero-order valence-corrected chi connectivity index (χ0v) is 7.87. The summed E-state index contributed by atoms with van der Waals surface area (Å²) in [5.74, 6) is 0.110. The lowest BCUT2D eigenvalue weighted by molar-refractivity contribution is -0.107. The Bertz CT molecular complexity index is 345. The van der Waals surface area contributed by atoms with Gasteiger partial charge in [-0.15, -0.1) is 0 Å². The molecule has 0 radical (unpaired) electrons. The summed E-state index contributed by atoms with van der Waals surface area (Å²) < 4.78 is 18.2. The van der Waals surface area contributed by atoms with E-state index >= 15 is 0 Å². The minimum atomic E-state index is -0.355. The Balaban J connectivity index is 2.98. The molecular weight excluding hydrogens is 183 g/mol. The topological polar surface area (TPSA) is 26.3 Å². The minimum absolute atomic E-state index is 0.275. The van der Waals surface area contributed by atoms with E-state index in [0.29, 0.717) is 11.3 Å². The average molecular weight is 194 g/mol. The van der Waals surface area contributed by atoms with Gasteiger partial charge < -0.3 is 9.53 Å². The zero-order chi connectivity index (χ0) is 10.4. The third kappa shape index (κ3) is 2.42. The number of methoxy groups -OCH3 is 1. The number of hydrogen-bond acceptors (Lipinski definition) is 2. The Morgan fingerprint density at radius 3 is 2.93 bits per heavy atom. The summed E-state index contributed by atoms with van der Waals surface area (Å²) in [6.07, 6.45) is 4.16. The zero-order valence-electron chi connectivity index (χ0n) is 7.87. The van der Waals surface area contributed by atoms with Gasteiger partial charge in [0.25, 0.3) is 0 Å².